The maximum absolute atomic E-state index is 14.6. The van der Waals surface area contributed by atoms with Crippen LogP contribution in [0.4, 0.5) is 74.6 Å². The topological polar surface area (TPSA) is 35.5 Å². The summed E-state index contributed by atoms with van der Waals surface area (Å²) in [5.74, 6) is -6.96. The molecule has 1 atom stereocenters. The molecule has 0 aliphatic rings. The van der Waals surface area contributed by atoms with Crippen LogP contribution in [0.5, 0.6) is 0 Å². The molecule has 0 radical (unpaired) electrons. The Morgan fingerprint density at radius 3 is 1.10 bits per heavy atom. The first-order valence-corrected chi connectivity index (χ1v) is 11.2. The van der Waals surface area contributed by atoms with Gasteiger partial charge in [-0.1, -0.05) is 41.5 Å². The first-order valence-electron chi connectivity index (χ1n) is 11.2. The van der Waals surface area contributed by atoms with E-state index < -0.39 is 89.5 Å². The van der Waals surface area contributed by atoms with Crippen LogP contribution in [-0.2, 0) is 14.3 Å². The van der Waals surface area contributed by atoms with E-state index in [1.807, 2.05) is 0 Å². The number of esters is 1. The minimum absolute atomic E-state index is 0.0110. The molecule has 0 saturated heterocycles. The van der Waals surface area contributed by atoms with E-state index in [4.69, 9.17) is 0 Å². The van der Waals surface area contributed by atoms with Crippen LogP contribution in [0, 0.1) is 16.7 Å². The molecule has 0 aliphatic heterocycles. The highest BCUT2D eigenvalue weighted by molar-refractivity contribution is 5.73. The number of hydrogen-bond acceptors (Lipinski definition) is 3. The predicted molar refractivity (Wildman–Crippen MR) is 109 cm³/mol. The van der Waals surface area contributed by atoms with Gasteiger partial charge in [0.05, 0.1) is 11.5 Å². The normalized spacial score (nSPS) is 15.8. The summed E-state index contributed by atoms with van der Waals surface area (Å²) in [6.07, 6.45) is -39.6. The second-order valence-corrected chi connectivity index (χ2v) is 11.2. The van der Waals surface area contributed by atoms with Crippen LogP contribution in [-0.4, -0.2) is 61.4 Å². The maximum atomic E-state index is 14.6. The molecule has 0 fully saturated rings. The zero-order valence-corrected chi connectivity index (χ0v) is 22.3. The minimum atomic E-state index is -8.26. The van der Waals surface area contributed by atoms with Gasteiger partial charge < -0.3 is 9.47 Å². The van der Waals surface area contributed by atoms with E-state index in [0.717, 1.165) is 0 Å². The lowest BCUT2D eigenvalue weighted by Gasteiger charge is -2.41. The third-order valence-electron chi connectivity index (χ3n) is 5.46. The van der Waals surface area contributed by atoms with Crippen molar-refractivity contribution >= 4 is 5.97 Å². The molecular formula is C22H25F17O3. The summed E-state index contributed by atoms with van der Waals surface area (Å²) >= 11 is 0. The van der Waals surface area contributed by atoms with Gasteiger partial charge in [0.15, 0.2) is 0 Å². The van der Waals surface area contributed by atoms with Crippen LogP contribution in [0.2, 0.25) is 0 Å². The van der Waals surface area contributed by atoms with E-state index in [1.54, 1.807) is 20.8 Å². The Balaban J connectivity index is 7.27. The Hall–Kier alpha value is -2.18. The van der Waals surface area contributed by atoms with Crippen LogP contribution < -0.4 is 0 Å². The maximum Gasteiger partial charge on any atom is 0.449 e. The molecule has 0 rings (SSSR count). The van der Waals surface area contributed by atoms with E-state index in [-0.39, 0.29) is 6.42 Å². The highest BCUT2D eigenvalue weighted by Crippen LogP contribution is 2.63. The molecule has 0 amide bonds. The predicted octanol–water partition coefficient (Wildman–Crippen LogP) is 9.13. The first kappa shape index (κ1) is 39.8. The van der Waals surface area contributed by atoms with Gasteiger partial charge in [-0.3, -0.25) is 4.79 Å². The van der Waals surface area contributed by atoms with Crippen LogP contribution in [0.3, 0.4) is 0 Å². The van der Waals surface area contributed by atoms with Gasteiger partial charge in [0.2, 0.25) is 5.76 Å². The summed E-state index contributed by atoms with van der Waals surface area (Å²) in [6, 6.07) is 0. The number of hydrogen-bond donors (Lipinski definition) is 0. The van der Waals surface area contributed by atoms with Gasteiger partial charge in [-0.25, -0.2) is 8.78 Å². The standard InChI is InChI=1S/C22H25F17O3/c1-14(2,3)9-10(15(4,5)6)13(40)42-8-7-41-12(18(25,26)27)11(16(23,19(28,29)30)20(31,32)33)17(24,21(34,35)36)22(37,38)39/h10H,7-9H2,1-6H3. The summed E-state index contributed by atoms with van der Waals surface area (Å²) in [4.78, 5) is 12.5. The summed E-state index contributed by atoms with van der Waals surface area (Å²) in [5.41, 5.74) is -23.6. The number of ether oxygens (including phenoxy) is 2. The SMILES string of the molecule is CC(C)(C)CC(C(=O)OCCOC(=C(C(F)(C(F)(F)F)C(F)(F)F)C(F)(C(F)(F)F)C(F)(F)F)C(F)(F)F)C(C)(C)C. The van der Waals surface area contributed by atoms with Crippen molar-refractivity contribution in [3.8, 4) is 0 Å². The van der Waals surface area contributed by atoms with Gasteiger partial charge in [-0.2, -0.15) is 65.9 Å². The van der Waals surface area contributed by atoms with Gasteiger partial charge >= 0.3 is 48.2 Å². The van der Waals surface area contributed by atoms with E-state index in [1.165, 1.54) is 20.8 Å². The number of carbonyl (C=O) groups excluding carboxylic acids is 1. The van der Waals surface area contributed by atoms with Crippen molar-refractivity contribution in [1.29, 1.82) is 0 Å². The molecule has 3 nitrogen and oxygen atoms in total. The Morgan fingerprint density at radius 1 is 0.548 bits per heavy atom. The minimum Gasteiger partial charge on any atom is -0.485 e. The highest BCUT2D eigenvalue weighted by Gasteiger charge is 2.87. The fraction of sp³-hybridized carbons (Fsp3) is 0.864. The molecule has 20 heteroatoms. The Kier molecular flexibility index (Phi) is 11.1. The van der Waals surface area contributed by atoms with Crippen LogP contribution in [0.15, 0.2) is 11.3 Å². The lowest BCUT2D eigenvalue weighted by molar-refractivity contribution is -0.366. The summed E-state index contributed by atoms with van der Waals surface area (Å²) in [7, 11) is 0. The van der Waals surface area contributed by atoms with Crippen LogP contribution in [0.25, 0.3) is 0 Å². The van der Waals surface area contributed by atoms with E-state index in [9.17, 15) is 79.4 Å². The zero-order chi connectivity index (χ0) is 34.3. The molecule has 0 spiro atoms. The van der Waals surface area contributed by atoms with Crippen molar-refractivity contribution < 1.29 is 88.9 Å². The van der Waals surface area contributed by atoms with Gasteiger partial charge in [0.25, 0.3) is 0 Å². The third kappa shape index (κ3) is 8.47. The average molecular weight is 660 g/mol. The van der Waals surface area contributed by atoms with Crippen molar-refractivity contribution in [2.24, 2.45) is 16.7 Å². The van der Waals surface area contributed by atoms with Crippen LogP contribution in [0.1, 0.15) is 48.0 Å². The fourth-order valence-electron chi connectivity index (χ4n) is 3.48. The molecule has 0 saturated carbocycles. The van der Waals surface area contributed by atoms with E-state index >= 15 is 0 Å². The Morgan fingerprint density at radius 2 is 0.857 bits per heavy atom. The second kappa shape index (κ2) is 11.7. The summed E-state index contributed by atoms with van der Waals surface area (Å²) < 4.78 is 236. The smallest absolute Gasteiger partial charge is 0.449 e. The quantitative estimate of drug-likeness (QED) is 0.113. The number of alkyl halides is 17. The van der Waals surface area contributed by atoms with Gasteiger partial charge in [0, 0.05) is 0 Å². The fourth-order valence-corrected chi connectivity index (χ4v) is 3.48. The number of allylic oxidation sites excluding steroid dienone is 2. The number of halogens is 17. The van der Waals surface area contributed by atoms with E-state index in [2.05, 4.69) is 9.47 Å². The number of carbonyl (C=O) groups is 1. The van der Waals surface area contributed by atoms with Crippen molar-refractivity contribution in [2.75, 3.05) is 13.2 Å². The zero-order valence-electron chi connectivity index (χ0n) is 22.3. The lowest BCUT2D eigenvalue weighted by atomic mass is 9.72. The molecule has 0 aromatic rings. The molecule has 0 aromatic carbocycles. The molecule has 42 heavy (non-hydrogen) atoms. The summed E-state index contributed by atoms with van der Waals surface area (Å²) in [6.45, 7) is 5.48. The molecule has 0 bridgehead atoms. The third-order valence-corrected chi connectivity index (χ3v) is 5.46. The molecule has 1 unspecified atom stereocenters. The Bertz CT molecular complexity index is 900. The van der Waals surface area contributed by atoms with Gasteiger partial charge in [0.1, 0.15) is 13.2 Å². The monoisotopic (exact) mass is 660 g/mol. The first-order chi connectivity index (χ1) is 18.0. The van der Waals surface area contributed by atoms with Crippen LogP contribution >= 0.6 is 0 Å². The highest BCUT2D eigenvalue weighted by atomic mass is 19.4. The second-order valence-electron chi connectivity index (χ2n) is 11.2. The number of rotatable bonds is 8. The Labute approximate surface area is 227 Å². The van der Waals surface area contributed by atoms with Crippen molar-refractivity contribution in [2.45, 2.75) is 90.2 Å². The van der Waals surface area contributed by atoms with Crippen molar-refractivity contribution in [3.63, 3.8) is 0 Å². The lowest BCUT2D eigenvalue weighted by Crippen LogP contribution is -2.66. The molecule has 250 valence electrons. The van der Waals surface area contributed by atoms with Crippen molar-refractivity contribution in [3.05, 3.63) is 11.3 Å². The van der Waals surface area contributed by atoms with Crippen molar-refractivity contribution in [1.82, 2.24) is 0 Å². The van der Waals surface area contributed by atoms with E-state index in [0.29, 0.717) is 0 Å². The van der Waals surface area contributed by atoms with Gasteiger partial charge in [-0.05, 0) is 17.3 Å². The molecule has 0 heterocycles. The molecule has 0 N–H and O–H groups in total. The average Bonchev–Trinajstić information content (AvgIpc) is 2.67. The van der Waals surface area contributed by atoms with Gasteiger partial charge in [-0.15, -0.1) is 0 Å². The molecular weight excluding hydrogens is 635 g/mol. The largest absolute Gasteiger partial charge is 0.485 e. The molecule has 0 aliphatic carbocycles. The summed E-state index contributed by atoms with van der Waals surface area (Å²) in [5, 5.41) is 0. The molecule has 0 aromatic heterocycles.